The van der Waals surface area contributed by atoms with Crippen molar-refractivity contribution in [3.05, 3.63) is 34.9 Å². The predicted octanol–water partition coefficient (Wildman–Crippen LogP) is 0.678. The minimum atomic E-state index is -0.559. The Morgan fingerprint density at radius 1 is 1.26 bits per heavy atom. The third kappa shape index (κ3) is 3.61. The number of imide groups is 1. The molecule has 27 heavy (non-hydrogen) atoms. The highest BCUT2D eigenvalue weighted by Crippen LogP contribution is 2.28. The van der Waals surface area contributed by atoms with Crippen molar-refractivity contribution in [2.45, 2.75) is 63.8 Å². The van der Waals surface area contributed by atoms with Crippen LogP contribution in [0.4, 0.5) is 0 Å². The fraction of sp³-hybridized carbons (Fsp3) is 0.550. The number of hydrogen-bond donors (Lipinski definition) is 3. The Bertz CT molecular complexity index is 804. The quantitative estimate of drug-likeness (QED) is 0.678. The van der Waals surface area contributed by atoms with Crippen molar-refractivity contribution in [2.75, 3.05) is 6.54 Å². The first kappa shape index (κ1) is 18.1. The summed E-state index contributed by atoms with van der Waals surface area (Å²) in [6, 6.07) is 5.77. The zero-order valence-corrected chi connectivity index (χ0v) is 15.8. The van der Waals surface area contributed by atoms with Crippen LogP contribution in [0.15, 0.2) is 18.2 Å². The minimum absolute atomic E-state index is 0.124. The van der Waals surface area contributed by atoms with E-state index in [1.807, 2.05) is 12.1 Å². The van der Waals surface area contributed by atoms with Gasteiger partial charge in [-0.25, -0.2) is 0 Å². The number of fused-ring (bicyclic) bond motifs is 1. The molecule has 0 radical (unpaired) electrons. The molecule has 0 spiro atoms. The Morgan fingerprint density at radius 3 is 2.78 bits per heavy atom. The Kier molecular flexibility index (Phi) is 4.52. The summed E-state index contributed by atoms with van der Waals surface area (Å²) < 4.78 is 0. The van der Waals surface area contributed by atoms with Crippen LogP contribution in [0.3, 0.4) is 0 Å². The number of hydrogen-bond acceptors (Lipinski definition) is 5. The highest BCUT2D eigenvalue weighted by Gasteiger charge is 2.39. The third-order valence-electron chi connectivity index (χ3n) is 5.77. The van der Waals surface area contributed by atoms with E-state index in [9.17, 15) is 14.4 Å². The lowest BCUT2D eigenvalue weighted by molar-refractivity contribution is -0.136. The van der Waals surface area contributed by atoms with E-state index in [2.05, 4.69) is 35.9 Å². The molecule has 0 aromatic heterocycles. The van der Waals surface area contributed by atoms with Crippen LogP contribution in [-0.2, 0) is 22.7 Å². The van der Waals surface area contributed by atoms with Gasteiger partial charge in [-0.3, -0.25) is 19.7 Å². The number of carbonyl (C=O) groups excluding carboxylic acids is 3. The molecule has 3 amide bonds. The van der Waals surface area contributed by atoms with Crippen LogP contribution >= 0.6 is 0 Å². The van der Waals surface area contributed by atoms with Gasteiger partial charge in [-0.05, 0) is 43.9 Å². The SMILES string of the molecule is CC1(C)CC(NCc2ccc3c(c2)CN(C2CCC(=O)NC2=O)C3=O)CN1. The van der Waals surface area contributed by atoms with Gasteiger partial charge in [-0.1, -0.05) is 12.1 Å². The molecule has 2 unspecified atom stereocenters. The van der Waals surface area contributed by atoms with E-state index in [-0.39, 0.29) is 29.7 Å². The van der Waals surface area contributed by atoms with Gasteiger partial charge in [-0.2, -0.15) is 0 Å². The second kappa shape index (κ2) is 6.73. The number of amides is 3. The summed E-state index contributed by atoms with van der Waals surface area (Å²) in [5, 5.41) is 9.42. The zero-order chi connectivity index (χ0) is 19.2. The fourth-order valence-electron chi connectivity index (χ4n) is 4.30. The highest BCUT2D eigenvalue weighted by atomic mass is 16.2. The Labute approximate surface area is 158 Å². The first-order valence-corrected chi connectivity index (χ1v) is 9.57. The normalized spacial score (nSPS) is 27.0. The van der Waals surface area contributed by atoms with Gasteiger partial charge >= 0.3 is 0 Å². The molecule has 3 heterocycles. The van der Waals surface area contributed by atoms with E-state index >= 15 is 0 Å². The van der Waals surface area contributed by atoms with Crippen LogP contribution in [0.1, 0.15) is 54.6 Å². The third-order valence-corrected chi connectivity index (χ3v) is 5.77. The number of nitrogens with one attached hydrogen (secondary N) is 3. The summed E-state index contributed by atoms with van der Waals surface area (Å²) in [6.45, 7) is 6.55. The molecule has 7 heteroatoms. The van der Waals surface area contributed by atoms with Gasteiger partial charge in [0.2, 0.25) is 11.8 Å². The molecular weight excluding hydrogens is 344 g/mol. The van der Waals surface area contributed by atoms with E-state index < -0.39 is 6.04 Å². The van der Waals surface area contributed by atoms with Crippen molar-refractivity contribution < 1.29 is 14.4 Å². The summed E-state index contributed by atoms with van der Waals surface area (Å²) in [5.74, 6) is -0.759. The molecule has 2 atom stereocenters. The molecule has 0 saturated carbocycles. The molecule has 3 aliphatic rings. The number of piperidine rings is 1. The van der Waals surface area contributed by atoms with Crippen LogP contribution in [0.25, 0.3) is 0 Å². The van der Waals surface area contributed by atoms with Gasteiger partial charge < -0.3 is 15.5 Å². The number of benzene rings is 1. The van der Waals surface area contributed by atoms with E-state index in [1.54, 1.807) is 4.90 Å². The second-order valence-corrected chi connectivity index (χ2v) is 8.44. The molecule has 3 aliphatic heterocycles. The summed E-state index contributed by atoms with van der Waals surface area (Å²) in [7, 11) is 0. The predicted molar refractivity (Wildman–Crippen MR) is 99.8 cm³/mol. The minimum Gasteiger partial charge on any atom is -0.322 e. The molecule has 2 saturated heterocycles. The first-order chi connectivity index (χ1) is 12.8. The molecular formula is C20H26N4O3. The van der Waals surface area contributed by atoms with Crippen molar-refractivity contribution in [1.82, 2.24) is 20.9 Å². The Hall–Kier alpha value is -2.25. The fourth-order valence-corrected chi connectivity index (χ4v) is 4.30. The lowest BCUT2D eigenvalue weighted by Gasteiger charge is -2.29. The number of rotatable bonds is 4. The van der Waals surface area contributed by atoms with Crippen molar-refractivity contribution in [1.29, 1.82) is 0 Å². The average Bonchev–Trinajstić information content (AvgIpc) is 3.12. The zero-order valence-electron chi connectivity index (χ0n) is 15.8. The van der Waals surface area contributed by atoms with Crippen molar-refractivity contribution in [3.63, 3.8) is 0 Å². The summed E-state index contributed by atoms with van der Waals surface area (Å²) >= 11 is 0. The standard InChI is InChI=1S/C20H26N4O3/c1-20(2)8-14(10-22-20)21-9-12-3-4-15-13(7-12)11-24(19(15)27)16-5-6-17(25)23-18(16)26/h3-4,7,14,16,21-22H,5-6,8-11H2,1-2H3,(H,23,25,26). The summed E-state index contributed by atoms with van der Waals surface area (Å²) in [5.41, 5.74) is 2.92. The molecule has 4 rings (SSSR count). The number of nitrogens with zero attached hydrogens (tertiary/aromatic N) is 1. The summed E-state index contributed by atoms with van der Waals surface area (Å²) in [4.78, 5) is 37.8. The molecule has 1 aromatic carbocycles. The smallest absolute Gasteiger partial charge is 0.255 e. The largest absolute Gasteiger partial charge is 0.322 e. The molecule has 0 bridgehead atoms. The van der Waals surface area contributed by atoms with Crippen molar-refractivity contribution in [3.8, 4) is 0 Å². The van der Waals surface area contributed by atoms with Crippen LogP contribution in [0, 0.1) is 0 Å². The monoisotopic (exact) mass is 370 g/mol. The maximum absolute atomic E-state index is 12.7. The lowest BCUT2D eigenvalue weighted by atomic mass is 10.0. The van der Waals surface area contributed by atoms with Crippen LogP contribution in [-0.4, -0.2) is 46.8 Å². The number of carbonyl (C=O) groups is 3. The van der Waals surface area contributed by atoms with Gasteiger partial charge in [-0.15, -0.1) is 0 Å². The van der Waals surface area contributed by atoms with E-state index in [4.69, 9.17) is 0 Å². The molecule has 0 aliphatic carbocycles. The summed E-state index contributed by atoms with van der Waals surface area (Å²) in [6.07, 6.45) is 1.75. The van der Waals surface area contributed by atoms with Gasteiger partial charge in [0.15, 0.2) is 0 Å². The van der Waals surface area contributed by atoms with E-state index in [1.165, 1.54) is 0 Å². The van der Waals surface area contributed by atoms with Gasteiger partial charge in [0.1, 0.15) is 6.04 Å². The molecule has 3 N–H and O–H groups in total. The second-order valence-electron chi connectivity index (χ2n) is 8.44. The Balaban J connectivity index is 1.42. The maximum Gasteiger partial charge on any atom is 0.255 e. The topological polar surface area (TPSA) is 90.5 Å². The first-order valence-electron chi connectivity index (χ1n) is 9.57. The van der Waals surface area contributed by atoms with Crippen LogP contribution in [0.2, 0.25) is 0 Å². The highest BCUT2D eigenvalue weighted by molar-refractivity contribution is 6.05. The van der Waals surface area contributed by atoms with Crippen LogP contribution in [0.5, 0.6) is 0 Å². The van der Waals surface area contributed by atoms with Crippen LogP contribution < -0.4 is 16.0 Å². The van der Waals surface area contributed by atoms with E-state index in [0.717, 1.165) is 30.6 Å². The van der Waals surface area contributed by atoms with Gasteiger partial charge in [0.05, 0.1) is 0 Å². The lowest BCUT2D eigenvalue weighted by Crippen LogP contribution is -2.52. The molecule has 7 nitrogen and oxygen atoms in total. The van der Waals surface area contributed by atoms with Crippen molar-refractivity contribution >= 4 is 17.7 Å². The maximum atomic E-state index is 12.7. The molecule has 1 aromatic rings. The van der Waals surface area contributed by atoms with Gasteiger partial charge in [0.25, 0.3) is 5.91 Å². The van der Waals surface area contributed by atoms with Crippen molar-refractivity contribution in [2.24, 2.45) is 0 Å². The molecule has 2 fully saturated rings. The Morgan fingerprint density at radius 2 is 2.07 bits per heavy atom. The van der Waals surface area contributed by atoms with E-state index in [0.29, 0.717) is 24.6 Å². The molecule has 144 valence electrons. The average molecular weight is 370 g/mol. The van der Waals surface area contributed by atoms with Gasteiger partial charge in [0, 0.05) is 43.2 Å².